The van der Waals surface area contributed by atoms with E-state index >= 15 is 0 Å². The smallest absolute Gasteiger partial charge is 0.305 e. The number of nitrogens with one attached hydrogen (secondary N) is 1. The maximum atomic E-state index is 12.5. The zero-order valence-electron chi connectivity index (χ0n) is 40.9. The van der Waals surface area contributed by atoms with Crippen molar-refractivity contribution in [2.24, 2.45) is 0 Å². The molecule has 3 N–H and O–H groups in total. The van der Waals surface area contributed by atoms with Crippen molar-refractivity contribution in [3.63, 3.8) is 0 Å². The number of unbranched alkanes of at least 4 members (excludes halogenated alkanes) is 35. The maximum absolute atomic E-state index is 12.5. The van der Waals surface area contributed by atoms with Crippen LogP contribution in [0.15, 0.2) is 24.3 Å². The Labute approximate surface area is 380 Å². The highest BCUT2D eigenvalue weighted by Gasteiger charge is 2.20. The Balaban J connectivity index is 3.47. The molecule has 0 spiro atoms. The highest BCUT2D eigenvalue weighted by atomic mass is 16.5. The molecule has 2 atom stereocenters. The standard InChI is InChI=1S/C55H105NO5/c1-3-5-7-9-11-13-15-17-19-20-22-23-27-31-35-39-43-47-53(58)52(51-57)56-54(59)48-44-40-36-32-28-25-26-30-34-38-42-46-50-61-55(60)49-45-41-37-33-29-24-21-18-16-14-12-10-8-6-4-2/h12,14,18,21,52-53,57-58H,3-11,13,15-17,19-20,22-51H2,1-2H3,(H,56,59)/b14-12-,21-18-. The summed E-state index contributed by atoms with van der Waals surface area (Å²) < 4.78 is 5.46. The van der Waals surface area contributed by atoms with E-state index in [4.69, 9.17) is 4.74 Å². The van der Waals surface area contributed by atoms with Gasteiger partial charge in [-0.1, -0.05) is 244 Å². The summed E-state index contributed by atoms with van der Waals surface area (Å²) in [6, 6.07) is -0.554. The van der Waals surface area contributed by atoms with Gasteiger partial charge < -0.3 is 20.3 Å². The van der Waals surface area contributed by atoms with Crippen LogP contribution in [0.2, 0.25) is 0 Å². The van der Waals surface area contributed by atoms with Crippen molar-refractivity contribution in [2.75, 3.05) is 13.2 Å². The van der Waals surface area contributed by atoms with E-state index in [0.29, 0.717) is 25.9 Å². The number of amides is 1. The van der Waals surface area contributed by atoms with E-state index in [1.807, 2.05) is 0 Å². The number of carbonyl (C=O) groups is 2. The summed E-state index contributed by atoms with van der Waals surface area (Å²) in [5.41, 5.74) is 0. The fourth-order valence-corrected chi connectivity index (χ4v) is 8.32. The molecule has 0 aromatic heterocycles. The van der Waals surface area contributed by atoms with E-state index in [1.165, 1.54) is 186 Å². The molecular formula is C55H105NO5. The number of aliphatic hydroxyl groups excluding tert-OH is 2. The fraction of sp³-hybridized carbons (Fsp3) is 0.891. The van der Waals surface area contributed by atoms with E-state index in [2.05, 4.69) is 43.5 Å². The van der Waals surface area contributed by atoms with Gasteiger partial charge in [-0.25, -0.2) is 0 Å². The number of hydrogen-bond donors (Lipinski definition) is 3. The number of ether oxygens (including phenoxy) is 1. The molecule has 0 bridgehead atoms. The first kappa shape index (κ1) is 59.3. The van der Waals surface area contributed by atoms with Gasteiger partial charge in [0, 0.05) is 12.8 Å². The lowest BCUT2D eigenvalue weighted by Gasteiger charge is -2.22. The van der Waals surface area contributed by atoms with Gasteiger partial charge in [0.15, 0.2) is 0 Å². The second kappa shape index (κ2) is 51.0. The van der Waals surface area contributed by atoms with E-state index < -0.39 is 12.1 Å². The Hall–Kier alpha value is -1.66. The van der Waals surface area contributed by atoms with Crippen LogP contribution in [0.3, 0.4) is 0 Å². The Morgan fingerprint density at radius 1 is 0.459 bits per heavy atom. The zero-order valence-corrected chi connectivity index (χ0v) is 40.9. The molecule has 360 valence electrons. The highest BCUT2D eigenvalue weighted by molar-refractivity contribution is 5.76. The predicted octanol–water partition coefficient (Wildman–Crippen LogP) is 16.3. The Morgan fingerprint density at radius 2 is 0.820 bits per heavy atom. The number of hydrogen-bond acceptors (Lipinski definition) is 5. The van der Waals surface area contributed by atoms with Crippen molar-refractivity contribution >= 4 is 11.9 Å². The Morgan fingerprint density at radius 3 is 1.28 bits per heavy atom. The molecule has 0 aromatic carbocycles. The Bertz CT molecular complexity index is 951. The third-order valence-electron chi connectivity index (χ3n) is 12.5. The molecular weight excluding hydrogens is 755 g/mol. The summed E-state index contributed by atoms with van der Waals surface area (Å²) >= 11 is 0. The molecule has 0 aliphatic carbocycles. The van der Waals surface area contributed by atoms with Crippen LogP contribution >= 0.6 is 0 Å². The minimum absolute atomic E-state index is 0.0229. The van der Waals surface area contributed by atoms with Gasteiger partial charge in [-0.05, 0) is 57.8 Å². The van der Waals surface area contributed by atoms with Crippen LogP contribution in [0.25, 0.3) is 0 Å². The van der Waals surface area contributed by atoms with Gasteiger partial charge in [0.2, 0.25) is 5.91 Å². The van der Waals surface area contributed by atoms with Gasteiger partial charge in [-0.2, -0.15) is 0 Å². The molecule has 2 unspecified atom stereocenters. The van der Waals surface area contributed by atoms with Gasteiger partial charge in [0.1, 0.15) is 0 Å². The molecule has 0 aromatic rings. The fourth-order valence-electron chi connectivity index (χ4n) is 8.32. The molecule has 0 aliphatic heterocycles. The van der Waals surface area contributed by atoms with Crippen LogP contribution in [0.5, 0.6) is 0 Å². The molecule has 0 saturated carbocycles. The summed E-state index contributed by atoms with van der Waals surface area (Å²) in [4.78, 5) is 24.5. The minimum Gasteiger partial charge on any atom is -0.466 e. The van der Waals surface area contributed by atoms with Crippen molar-refractivity contribution in [1.82, 2.24) is 5.32 Å². The summed E-state index contributed by atoms with van der Waals surface area (Å²) in [7, 11) is 0. The van der Waals surface area contributed by atoms with Crippen LogP contribution in [0.1, 0.15) is 290 Å². The SMILES string of the molecule is CCCCC/C=C\C/C=C\CCCCCCCC(=O)OCCCCCCCCCCCCCCC(=O)NC(CO)C(O)CCCCCCCCCCCCCCCCCCC. The van der Waals surface area contributed by atoms with Crippen molar-refractivity contribution in [1.29, 1.82) is 0 Å². The third-order valence-corrected chi connectivity index (χ3v) is 12.5. The average Bonchev–Trinajstić information content (AvgIpc) is 3.26. The quantitative estimate of drug-likeness (QED) is 0.0322. The van der Waals surface area contributed by atoms with Crippen LogP contribution in [-0.4, -0.2) is 47.4 Å². The van der Waals surface area contributed by atoms with Gasteiger partial charge >= 0.3 is 5.97 Å². The maximum Gasteiger partial charge on any atom is 0.305 e. The predicted molar refractivity (Wildman–Crippen MR) is 264 cm³/mol. The summed E-state index contributed by atoms with van der Waals surface area (Å²) in [5, 5.41) is 23.3. The average molecular weight is 860 g/mol. The molecule has 0 radical (unpaired) electrons. The van der Waals surface area contributed by atoms with Gasteiger partial charge in [-0.3, -0.25) is 9.59 Å². The van der Waals surface area contributed by atoms with Gasteiger partial charge in [-0.15, -0.1) is 0 Å². The topological polar surface area (TPSA) is 95.9 Å². The molecule has 0 rings (SSSR count). The molecule has 6 nitrogen and oxygen atoms in total. The van der Waals surface area contributed by atoms with Gasteiger partial charge in [0.05, 0.1) is 25.4 Å². The molecule has 0 heterocycles. The highest BCUT2D eigenvalue weighted by Crippen LogP contribution is 2.17. The van der Waals surface area contributed by atoms with E-state index in [1.54, 1.807) is 0 Å². The van der Waals surface area contributed by atoms with Crippen molar-refractivity contribution < 1.29 is 24.5 Å². The van der Waals surface area contributed by atoms with E-state index in [-0.39, 0.29) is 18.5 Å². The normalized spacial score (nSPS) is 12.8. The second-order valence-corrected chi connectivity index (χ2v) is 18.6. The van der Waals surface area contributed by atoms with Crippen LogP contribution in [0.4, 0.5) is 0 Å². The third kappa shape index (κ3) is 47.7. The zero-order chi connectivity index (χ0) is 44.4. The number of rotatable bonds is 50. The van der Waals surface area contributed by atoms with E-state index in [9.17, 15) is 19.8 Å². The lowest BCUT2D eigenvalue weighted by molar-refractivity contribution is -0.143. The minimum atomic E-state index is -0.675. The second-order valence-electron chi connectivity index (χ2n) is 18.6. The first-order valence-electron chi connectivity index (χ1n) is 27.1. The summed E-state index contributed by atoms with van der Waals surface area (Å²) in [5.74, 6) is -0.0728. The van der Waals surface area contributed by atoms with Crippen LogP contribution in [-0.2, 0) is 14.3 Å². The van der Waals surface area contributed by atoms with E-state index in [0.717, 1.165) is 70.6 Å². The molecule has 0 fully saturated rings. The first-order valence-corrected chi connectivity index (χ1v) is 27.1. The van der Waals surface area contributed by atoms with Crippen molar-refractivity contribution in [2.45, 2.75) is 302 Å². The lowest BCUT2D eigenvalue weighted by Crippen LogP contribution is -2.45. The first-order chi connectivity index (χ1) is 30.0. The molecule has 0 saturated heterocycles. The molecule has 1 amide bonds. The number of esters is 1. The van der Waals surface area contributed by atoms with Crippen LogP contribution in [0, 0.1) is 0 Å². The lowest BCUT2D eigenvalue weighted by atomic mass is 10.0. The number of aliphatic hydroxyl groups is 2. The largest absolute Gasteiger partial charge is 0.466 e. The molecule has 0 aliphatic rings. The monoisotopic (exact) mass is 860 g/mol. The molecule has 6 heteroatoms. The van der Waals surface area contributed by atoms with Crippen molar-refractivity contribution in [3.05, 3.63) is 24.3 Å². The molecule has 61 heavy (non-hydrogen) atoms. The number of allylic oxidation sites excluding steroid dienone is 4. The summed E-state index contributed by atoms with van der Waals surface area (Å²) in [6.07, 6.45) is 60.0. The van der Waals surface area contributed by atoms with Crippen molar-refractivity contribution in [3.8, 4) is 0 Å². The Kier molecular flexibility index (Phi) is 49.6. The van der Waals surface area contributed by atoms with Crippen LogP contribution < -0.4 is 5.32 Å². The summed E-state index contributed by atoms with van der Waals surface area (Å²) in [6.45, 7) is 4.89. The van der Waals surface area contributed by atoms with Gasteiger partial charge in [0.25, 0.3) is 0 Å². The number of carbonyl (C=O) groups excluding carboxylic acids is 2.